The molecule has 9 nitrogen and oxygen atoms in total. The fourth-order valence-electron chi connectivity index (χ4n) is 3.86. The number of carbonyl (C=O) groups is 2. The summed E-state index contributed by atoms with van der Waals surface area (Å²) in [5, 5.41) is 12.2. The summed E-state index contributed by atoms with van der Waals surface area (Å²) in [6.45, 7) is 7.20. The Kier molecular flexibility index (Phi) is 7.30. The monoisotopic (exact) mass is 485 g/mol. The molecule has 0 radical (unpaired) electrons. The lowest BCUT2D eigenvalue weighted by Crippen LogP contribution is -2.35. The summed E-state index contributed by atoms with van der Waals surface area (Å²) in [7, 11) is 0. The second kappa shape index (κ2) is 10.4. The number of benzene rings is 1. The molecule has 2 amide bonds. The predicted molar refractivity (Wildman–Crippen MR) is 130 cm³/mol. The van der Waals surface area contributed by atoms with E-state index in [0.29, 0.717) is 29.6 Å². The molecule has 1 aliphatic heterocycles. The molecule has 0 bridgehead atoms. The number of carbonyl (C=O) groups excluding carboxylic acids is 2. The van der Waals surface area contributed by atoms with Gasteiger partial charge >= 0.3 is 0 Å². The van der Waals surface area contributed by atoms with Crippen molar-refractivity contribution in [1.29, 1.82) is 0 Å². The van der Waals surface area contributed by atoms with Crippen LogP contribution in [0.3, 0.4) is 0 Å². The Morgan fingerprint density at radius 2 is 2.03 bits per heavy atom. The number of anilines is 2. The van der Waals surface area contributed by atoms with E-state index in [1.165, 1.54) is 17.0 Å². The van der Waals surface area contributed by atoms with Crippen molar-refractivity contribution in [2.45, 2.75) is 44.9 Å². The third kappa shape index (κ3) is 5.30. The summed E-state index contributed by atoms with van der Waals surface area (Å²) in [5.41, 5.74) is 1.30. The van der Waals surface area contributed by atoms with Crippen molar-refractivity contribution in [2.75, 3.05) is 29.1 Å². The van der Waals surface area contributed by atoms with Gasteiger partial charge in [0.05, 0.1) is 24.0 Å². The molecule has 1 atom stereocenters. The average molecular weight is 486 g/mol. The van der Waals surface area contributed by atoms with Crippen molar-refractivity contribution in [3.8, 4) is 0 Å². The summed E-state index contributed by atoms with van der Waals surface area (Å²) < 4.78 is 14.9. The molecule has 0 spiro atoms. The lowest BCUT2D eigenvalue weighted by atomic mass is 10.1. The number of rotatable bonds is 9. The van der Waals surface area contributed by atoms with E-state index in [0.717, 1.165) is 17.0 Å². The summed E-state index contributed by atoms with van der Waals surface area (Å²) in [6.07, 6.45) is 1.86. The minimum absolute atomic E-state index is 0.128. The smallest absolute Gasteiger partial charge is 0.227 e. The van der Waals surface area contributed by atoms with Gasteiger partial charge in [-0.3, -0.25) is 9.59 Å². The third-order valence-electron chi connectivity index (χ3n) is 5.43. The van der Waals surface area contributed by atoms with E-state index in [2.05, 4.69) is 25.7 Å². The van der Waals surface area contributed by atoms with Crippen molar-refractivity contribution >= 4 is 46.1 Å². The van der Waals surface area contributed by atoms with Crippen molar-refractivity contribution in [3.05, 3.63) is 36.3 Å². The van der Waals surface area contributed by atoms with E-state index in [-0.39, 0.29) is 36.6 Å². The molecule has 4 rings (SSSR count). The van der Waals surface area contributed by atoms with E-state index >= 15 is 0 Å². The number of halogens is 1. The quantitative estimate of drug-likeness (QED) is 0.354. The normalized spacial score (nSPS) is 16.0. The summed E-state index contributed by atoms with van der Waals surface area (Å²) in [5.74, 6) is 0.446. The molecule has 3 aromatic rings. The maximum absolute atomic E-state index is 13.2. The topological polar surface area (TPSA) is 105 Å². The molecule has 0 aliphatic carbocycles. The first-order valence-electron chi connectivity index (χ1n) is 11.3. The van der Waals surface area contributed by atoms with Crippen LogP contribution in [0, 0.1) is 11.7 Å². The molecule has 34 heavy (non-hydrogen) atoms. The first-order chi connectivity index (χ1) is 16.4. The first-order valence-corrected chi connectivity index (χ1v) is 12.3. The van der Waals surface area contributed by atoms with Crippen LogP contribution < -0.4 is 15.5 Å². The Hall–Kier alpha value is -3.21. The van der Waals surface area contributed by atoms with Gasteiger partial charge in [-0.15, -0.1) is 0 Å². The van der Waals surface area contributed by atoms with Crippen molar-refractivity contribution in [2.24, 2.45) is 5.92 Å². The van der Waals surface area contributed by atoms with Crippen molar-refractivity contribution in [1.82, 2.24) is 25.1 Å². The highest BCUT2D eigenvalue weighted by molar-refractivity contribution is 7.99. The van der Waals surface area contributed by atoms with Gasteiger partial charge in [0, 0.05) is 31.2 Å². The molecule has 11 heteroatoms. The van der Waals surface area contributed by atoms with Crippen LogP contribution in [0.4, 0.5) is 15.9 Å². The Morgan fingerprint density at radius 1 is 1.26 bits per heavy atom. The molecule has 3 heterocycles. The molecule has 1 saturated heterocycles. The van der Waals surface area contributed by atoms with Crippen molar-refractivity contribution < 1.29 is 14.0 Å². The molecule has 1 fully saturated rings. The molecule has 1 aliphatic rings. The highest BCUT2D eigenvalue weighted by atomic mass is 32.2. The second-order valence-corrected chi connectivity index (χ2v) is 9.60. The fourth-order valence-corrected chi connectivity index (χ4v) is 4.42. The lowest BCUT2D eigenvalue weighted by Gasteiger charge is -2.16. The number of thioether (sulfide) groups is 1. The molecule has 1 aromatic carbocycles. The third-order valence-corrected chi connectivity index (χ3v) is 6.16. The lowest BCUT2D eigenvalue weighted by molar-refractivity contribution is -0.126. The Bertz CT molecular complexity index is 1180. The van der Waals surface area contributed by atoms with Gasteiger partial charge in [0.2, 0.25) is 11.8 Å². The van der Waals surface area contributed by atoms with Crippen LogP contribution >= 0.6 is 11.8 Å². The average Bonchev–Trinajstić information content (AvgIpc) is 3.38. The SMILES string of the molecule is CCSc1nc(NC(C)C)c2cnn(CCNC(=O)C3CC(=O)N(c4ccc(F)cc4)C3)c2n1. The van der Waals surface area contributed by atoms with E-state index in [4.69, 9.17) is 0 Å². The first kappa shape index (κ1) is 23.9. The van der Waals surface area contributed by atoms with Crippen LogP contribution in [0.15, 0.2) is 35.6 Å². The number of aromatic nitrogens is 4. The summed E-state index contributed by atoms with van der Waals surface area (Å²) in [6, 6.07) is 5.92. The zero-order chi connectivity index (χ0) is 24.2. The van der Waals surface area contributed by atoms with Crippen LogP contribution in [0.2, 0.25) is 0 Å². The van der Waals surface area contributed by atoms with Crippen LogP contribution in [0.1, 0.15) is 27.2 Å². The molecule has 180 valence electrons. The van der Waals surface area contributed by atoms with E-state index in [9.17, 15) is 14.0 Å². The van der Waals surface area contributed by atoms with Crippen LogP contribution in [0.5, 0.6) is 0 Å². The van der Waals surface area contributed by atoms with E-state index in [1.54, 1.807) is 34.8 Å². The number of nitrogens with one attached hydrogen (secondary N) is 2. The highest BCUT2D eigenvalue weighted by Gasteiger charge is 2.35. The van der Waals surface area contributed by atoms with Gasteiger partial charge in [-0.25, -0.2) is 19.0 Å². The van der Waals surface area contributed by atoms with E-state index < -0.39 is 5.92 Å². The molecule has 2 aromatic heterocycles. The van der Waals surface area contributed by atoms with Gasteiger partial charge in [0.15, 0.2) is 10.8 Å². The zero-order valence-corrected chi connectivity index (χ0v) is 20.2. The van der Waals surface area contributed by atoms with Gasteiger partial charge < -0.3 is 15.5 Å². The maximum Gasteiger partial charge on any atom is 0.227 e. The molecule has 0 saturated carbocycles. The number of nitrogens with zero attached hydrogens (tertiary/aromatic N) is 5. The Morgan fingerprint density at radius 3 is 2.74 bits per heavy atom. The molecular weight excluding hydrogens is 457 g/mol. The van der Waals surface area contributed by atoms with E-state index in [1.807, 2.05) is 20.8 Å². The number of hydrogen-bond donors (Lipinski definition) is 2. The predicted octanol–water partition coefficient (Wildman–Crippen LogP) is 3.07. The van der Waals surface area contributed by atoms with Crippen LogP contribution in [0.25, 0.3) is 11.0 Å². The highest BCUT2D eigenvalue weighted by Crippen LogP contribution is 2.26. The van der Waals surface area contributed by atoms with Gasteiger partial charge in [-0.2, -0.15) is 5.10 Å². The van der Waals surface area contributed by atoms with Crippen molar-refractivity contribution in [3.63, 3.8) is 0 Å². The molecule has 2 N–H and O–H groups in total. The standard InChI is InChI=1S/C23H28FN7O2S/c1-4-34-23-28-20(27-14(2)3)18-12-26-31(21(18)29-23)10-9-25-22(33)15-11-19(32)30(13-15)17-7-5-16(24)6-8-17/h5-8,12,14-15H,4,9-11,13H2,1-3H3,(H,25,33)(H,27,28,29). The zero-order valence-electron chi connectivity index (χ0n) is 19.4. The summed E-state index contributed by atoms with van der Waals surface area (Å²) in [4.78, 5) is 35.9. The fraction of sp³-hybridized carbons (Fsp3) is 0.435. The molecule has 1 unspecified atom stereocenters. The second-order valence-electron chi connectivity index (χ2n) is 8.36. The van der Waals surface area contributed by atoms with Gasteiger partial charge in [0.25, 0.3) is 0 Å². The minimum Gasteiger partial charge on any atom is -0.367 e. The van der Waals surface area contributed by atoms with Crippen LogP contribution in [-0.2, 0) is 16.1 Å². The van der Waals surface area contributed by atoms with Gasteiger partial charge in [-0.05, 0) is 43.9 Å². The number of hydrogen-bond acceptors (Lipinski definition) is 7. The van der Waals surface area contributed by atoms with Gasteiger partial charge in [-0.1, -0.05) is 18.7 Å². The Balaban J connectivity index is 1.39. The summed E-state index contributed by atoms with van der Waals surface area (Å²) >= 11 is 1.56. The van der Waals surface area contributed by atoms with Gasteiger partial charge in [0.1, 0.15) is 11.6 Å². The Labute approximate surface area is 201 Å². The van der Waals surface area contributed by atoms with Crippen LogP contribution in [-0.4, -0.2) is 56.4 Å². The number of amides is 2. The largest absolute Gasteiger partial charge is 0.367 e. The molecular formula is C23H28FN7O2S. The maximum atomic E-state index is 13.2. The minimum atomic E-state index is -0.455. The number of fused-ring (bicyclic) bond motifs is 1.